The first-order chi connectivity index (χ1) is 9.71. The van der Waals surface area contributed by atoms with Crippen molar-refractivity contribution in [2.45, 2.75) is 57.7 Å². The highest BCUT2D eigenvalue weighted by molar-refractivity contribution is 6.06. The average molecular weight is 281 g/mol. The number of hydrogen-bond acceptors (Lipinski definition) is 4. The Balaban J connectivity index is 1.49. The molecule has 3 rings (SSSR count). The van der Waals surface area contributed by atoms with Crippen LogP contribution in [0.15, 0.2) is 0 Å². The zero-order valence-electron chi connectivity index (χ0n) is 11.9. The van der Waals surface area contributed by atoms with Crippen LogP contribution in [0.1, 0.15) is 51.4 Å². The molecule has 2 heterocycles. The molecule has 2 amide bonds. The van der Waals surface area contributed by atoms with Crippen LogP contribution >= 0.6 is 0 Å². The van der Waals surface area contributed by atoms with Crippen molar-refractivity contribution in [3.05, 3.63) is 0 Å². The second kappa shape index (κ2) is 5.82. The fraction of sp³-hybridized carbons (Fsp3) is 0.867. The van der Waals surface area contributed by atoms with Gasteiger partial charge in [-0.2, -0.15) is 0 Å². The minimum Gasteiger partial charge on any atom is -0.353 e. The van der Waals surface area contributed by atoms with E-state index in [2.05, 4.69) is 0 Å². The van der Waals surface area contributed by atoms with Crippen molar-refractivity contribution < 1.29 is 19.1 Å². The van der Waals surface area contributed by atoms with E-state index < -0.39 is 0 Å². The summed E-state index contributed by atoms with van der Waals surface area (Å²) in [5.74, 6) is 0.0122. The van der Waals surface area contributed by atoms with Crippen LogP contribution in [-0.2, 0) is 19.1 Å². The summed E-state index contributed by atoms with van der Waals surface area (Å²) < 4.78 is 11.1. The summed E-state index contributed by atoms with van der Waals surface area (Å²) in [5, 5.41) is 0. The molecule has 5 heteroatoms. The van der Waals surface area contributed by atoms with Crippen molar-refractivity contribution in [1.29, 1.82) is 0 Å². The molecule has 0 aromatic rings. The van der Waals surface area contributed by atoms with Crippen molar-refractivity contribution in [1.82, 2.24) is 4.90 Å². The molecular formula is C15H23NO4. The average Bonchev–Trinajstić information content (AvgIpc) is 3.01. The van der Waals surface area contributed by atoms with Gasteiger partial charge in [0.05, 0.1) is 18.6 Å². The predicted molar refractivity (Wildman–Crippen MR) is 71.8 cm³/mol. The van der Waals surface area contributed by atoms with Gasteiger partial charge in [0.2, 0.25) is 11.8 Å². The molecular weight excluding hydrogens is 258 g/mol. The topological polar surface area (TPSA) is 55.8 Å². The lowest BCUT2D eigenvalue weighted by Gasteiger charge is -2.24. The molecule has 0 bridgehead atoms. The molecule has 0 aromatic heterocycles. The molecule has 2 aliphatic heterocycles. The van der Waals surface area contributed by atoms with E-state index in [0.29, 0.717) is 19.6 Å². The minimum absolute atomic E-state index is 0.0231. The predicted octanol–water partition coefficient (Wildman–Crippen LogP) is 1.85. The standard InChI is InChI=1S/C15H23NO4/c17-12-11-15(6-2-3-7-15)14(18)16(12)8-10-20-13-5-1-4-9-19-13/h13H,1-11H2/t13-/m1/s1. The first kappa shape index (κ1) is 14.0. The van der Waals surface area contributed by atoms with Crippen molar-refractivity contribution in [3.8, 4) is 0 Å². The molecule has 1 atom stereocenters. The molecule has 112 valence electrons. The van der Waals surface area contributed by atoms with Crippen molar-refractivity contribution in [3.63, 3.8) is 0 Å². The van der Waals surface area contributed by atoms with Gasteiger partial charge in [-0.05, 0) is 32.1 Å². The van der Waals surface area contributed by atoms with Crippen LogP contribution in [0.25, 0.3) is 0 Å². The Hall–Kier alpha value is -0.940. The maximum atomic E-state index is 12.4. The van der Waals surface area contributed by atoms with E-state index in [1.807, 2.05) is 0 Å². The zero-order chi connectivity index (χ0) is 14.0. The number of carbonyl (C=O) groups excluding carboxylic acids is 2. The Labute approximate surface area is 119 Å². The summed E-state index contributed by atoms with van der Waals surface area (Å²) in [5.41, 5.74) is -0.363. The molecule has 0 aromatic carbocycles. The zero-order valence-corrected chi connectivity index (χ0v) is 11.9. The van der Waals surface area contributed by atoms with Gasteiger partial charge in [-0.15, -0.1) is 0 Å². The SMILES string of the molecule is O=C1CC2(CCCC2)C(=O)N1CCO[C@@H]1CCCCO1. The molecule has 3 fully saturated rings. The number of carbonyl (C=O) groups is 2. The number of ether oxygens (including phenoxy) is 2. The van der Waals surface area contributed by atoms with E-state index >= 15 is 0 Å². The van der Waals surface area contributed by atoms with Crippen LogP contribution in [0.4, 0.5) is 0 Å². The molecule has 0 N–H and O–H groups in total. The number of imide groups is 1. The third-order valence-corrected chi connectivity index (χ3v) is 4.81. The first-order valence-electron chi connectivity index (χ1n) is 7.79. The van der Waals surface area contributed by atoms with E-state index in [4.69, 9.17) is 9.47 Å². The highest BCUT2D eigenvalue weighted by atomic mass is 16.7. The summed E-state index contributed by atoms with van der Waals surface area (Å²) in [7, 11) is 0. The summed E-state index contributed by atoms with van der Waals surface area (Å²) in [6, 6.07) is 0. The van der Waals surface area contributed by atoms with E-state index in [9.17, 15) is 9.59 Å². The second-order valence-electron chi connectivity index (χ2n) is 6.18. The van der Waals surface area contributed by atoms with Gasteiger partial charge in [0.15, 0.2) is 6.29 Å². The summed E-state index contributed by atoms with van der Waals surface area (Å²) in [6.45, 7) is 1.51. The van der Waals surface area contributed by atoms with E-state index in [0.717, 1.165) is 51.6 Å². The maximum absolute atomic E-state index is 12.4. The molecule has 1 spiro atoms. The van der Waals surface area contributed by atoms with E-state index in [-0.39, 0.29) is 23.5 Å². The van der Waals surface area contributed by atoms with Crippen LogP contribution in [-0.4, -0.2) is 42.8 Å². The fourth-order valence-corrected chi connectivity index (χ4v) is 3.65. The molecule has 1 aliphatic carbocycles. The first-order valence-corrected chi connectivity index (χ1v) is 7.79. The number of rotatable bonds is 4. The van der Waals surface area contributed by atoms with Crippen molar-refractivity contribution >= 4 is 11.8 Å². The molecule has 5 nitrogen and oxygen atoms in total. The summed E-state index contributed by atoms with van der Waals surface area (Å²) in [4.78, 5) is 25.9. The Bertz CT molecular complexity index is 383. The van der Waals surface area contributed by atoms with Crippen LogP contribution in [0.2, 0.25) is 0 Å². The van der Waals surface area contributed by atoms with Crippen LogP contribution < -0.4 is 0 Å². The quantitative estimate of drug-likeness (QED) is 0.738. The third kappa shape index (κ3) is 2.61. The van der Waals surface area contributed by atoms with Gasteiger partial charge >= 0.3 is 0 Å². The molecule has 0 unspecified atom stereocenters. The fourth-order valence-electron chi connectivity index (χ4n) is 3.65. The number of nitrogens with zero attached hydrogens (tertiary/aromatic N) is 1. The van der Waals surface area contributed by atoms with Gasteiger partial charge in [0, 0.05) is 13.0 Å². The molecule has 0 radical (unpaired) electrons. The molecule has 20 heavy (non-hydrogen) atoms. The van der Waals surface area contributed by atoms with E-state index in [1.54, 1.807) is 0 Å². The Kier molecular flexibility index (Phi) is 4.08. The molecule has 1 saturated carbocycles. The van der Waals surface area contributed by atoms with Gasteiger partial charge in [0.25, 0.3) is 0 Å². The van der Waals surface area contributed by atoms with Gasteiger partial charge in [0.1, 0.15) is 0 Å². The normalized spacial score (nSPS) is 29.6. The smallest absolute Gasteiger partial charge is 0.235 e. The maximum Gasteiger partial charge on any atom is 0.235 e. The highest BCUT2D eigenvalue weighted by Crippen LogP contribution is 2.46. The monoisotopic (exact) mass is 281 g/mol. The lowest BCUT2D eigenvalue weighted by molar-refractivity contribution is -0.167. The van der Waals surface area contributed by atoms with Crippen LogP contribution in [0.5, 0.6) is 0 Å². The minimum atomic E-state index is -0.363. The van der Waals surface area contributed by atoms with Crippen LogP contribution in [0.3, 0.4) is 0 Å². The summed E-state index contributed by atoms with van der Waals surface area (Å²) in [6.07, 6.45) is 7.26. The largest absolute Gasteiger partial charge is 0.353 e. The molecule has 3 aliphatic rings. The Morgan fingerprint density at radius 3 is 2.70 bits per heavy atom. The number of hydrogen-bond donors (Lipinski definition) is 0. The third-order valence-electron chi connectivity index (χ3n) is 4.81. The Morgan fingerprint density at radius 2 is 2.00 bits per heavy atom. The molecule has 2 saturated heterocycles. The number of amides is 2. The highest BCUT2D eigenvalue weighted by Gasteiger charge is 2.52. The van der Waals surface area contributed by atoms with Gasteiger partial charge < -0.3 is 9.47 Å². The van der Waals surface area contributed by atoms with Crippen LogP contribution in [0, 0.1) is 5.41 Å². The van der Waals surface area contributed by atoms with Crippen molar-refractivity contribution in [2.24, 2.45) is 5.41 Å². The van der Waals surface area contributed by atoms with E-state index in [1.165, 1.54) is 4.90 Å². The lowest BCUT2D eigenvalue weighted by Crippen LogP contribution is -2.37. The Morgan fingerprint density at radius 1 is 1.20 bits per heavy atom. The van der Waals surface area contributed by atoms with Gasteiger partial charge in [-0.1, -0.05) is 12.8 Å². The lowest BCUT2D eigenvalue weighted by atomic mass is 9.84. The van der Waals surface area contributed by atoms with Gasteiger partial charge in [-0.3, -0.25) is 14.5 Å². The second-order valence-corrected chi connectivity index (χ2v) is 6.18. The number of likely N-dealkylation sites (tertiary alicyclic amines) is 1. The van der Waals surface area contributed by atoms with Crippen molar-refractivity contribution in [2.75, 3.05) is 19.8 Å². The van der Waals surface area contributed by atoms with Gasteiger partial charge in [-0.25, -0.2) is 0 Å². The summed E-state index contributed by atoms with van der Waals surface area (Å²) >= 11 is 0.